The van der Waals surface area contributed by atoms with Gasteiger partial charge in [-0.05, 0) is 68.8 Å². The minimum absolute atomic E-state index is 0.0656. The van der Waals surface area contributed by atoms with Crippen molar-refractivity contribution in [2.45, 2.75) is 25.7 Å². The van der Waals surface area contributed by atoms with Crippen molar-refractivity contribution in [3.05, 3.63) is 87.9 Å². The predicted octanol–water partition coefficient (Wildman–Crippen LogP) is 5.19. The van der Waals surface area contributed by atoms with Gasteiger partial charge in [-0.3, -0.25) is 9.52 Å². The number of benzene rings is 3. The Hall–Kier alpha value is -3.36. The maximum Gasteiger partial charge on any atom is 0.338 e. The molecule has 0 radical (unpaired) electrons. The molecule has 2 N–H and O–H groups in total. The average molecular weight is 487 g/mol. The minimum Gasteiger partial charge on any atom is -0.462 e. The smallest absolute Gasteiger partial charge is 0.338 e. The maximum absolute atomic E-state index is 12.8. The van der Waals surface area contributed by atoms with Gasteiger partial charge in [-0.15, -0.1) is 0 Å². The largest absolute Gasteiger partial charge is 0.462 e. The molecule has 0 aromatic heterocycles. The van der Waals surface area contributed by atoms with Gasteiger partial charge in [-0.2, -0.15) is 0 Å². The number of sulfonamides is 1. The van der Waals surface area contributed by atoms with E-state index in [-0.39, 0.29) is 27.8 Å². The van der Waals surface area contributed by atoms with Gasteiger partial charge in [-0.25, -0.2) is 13.2 Å². The second-order valence-electron chi connectivity index (χ2n) is 7.27. The van der Waals surface area contributed by atoms with Crippen LogP contribution in [0.4, 0.5) is 11.4 Å². The highest BCUT2D eigenvalue weighted by Crippen LogP contribution is 2.26. The molecule has 0 saturated carbocycles. The molecule has 0 aliphatic rings. The molecule has 0 aliphatic heterocycles. The molecule has 0 spiro atoms. The number of amides is 1. The normalized spacial score (nSPS) is 11.0. The van der Waals surface area contributed by atoms with Gasteiger partial charge < -0.3 is 10.1 Å². The van der Waals surface area contributed by atoms with E-state index in [0.29, 0.717) is 16.8 Å². The number of esters is 1. The highest BCUT2D eigenvalue weighted by atomic mass is 35.5. The van der Waals surface area contributed by atoms with Crippen LogP contribution in [-0.2, 0) is 14.8 Å². The van der Waals surface area contributed by atoms with Gasteiger partial charge in [0, 0.05) is 5.69 Å². The van der Waals surface area contributed by atoms with E-state index in [9.17, 15) is 18.0 Å². The molecule has 0 saturated heterocycles. The van der Waals surface area contributed by atoms with E-state index < -0.39 is 21.9 Å². The average Bonchev–Trinajstić information content (AvgIpc) is 2.75. The van der Waals surface area contributed by atoms with Crippen molar-refractivity contribution in [3.8, 4) is 0 Å². The van der Waals surface area contributed by atoms with Crippen LogP contribution >= 0.6 is 11.6 Å². The summed E-state index contributed by atoms with van der Waals surface area (Å²) in [6, 6.07) is 15.6. The fraction of sp³-hybridized carbons (Fsp3) is 0.167. The van der Waals surface area contributed by atoms with Gasteiger partial charge in [0.15, 0.2) is 0 Å². The van der Waals surface area contributed by atoms with Crippen LogP contribution in [0.1, 0.15) is 38.8 Å². The van der Waals surface area contributed by atoms with Gasteiger partial charge in [-0.1, -0.05) is 35.4 Å². The molecule has 3 rings (SSSR count). The summed E-state index contributed by atoms with van der Waals surface area (Å²) in [5.74, 6) is -0.980. The monoisotopic (exact) mass is 486 g/mol. The van der Waals surface area contributed by atoms with E-state index in [0.717, 1.165) is 5.56 Å². The van der Waals surface area contributed by atoms with Crippen LogP contribution in [0.5, 0.6) is 0 Å². The number of carbonyl (C=O) groups is 2. The number of aryl methyl sites for hydroxylation is 1. The lowest BCUT2D eigenvalue weighted by molar-refractivity contribution is 0.0525. The number of hydrogen-bond acceptors (Lipinski definition) is 5. The van der Waals surface area contributed by atoms with Crippen LogP contribution in [0.15, 0.2) is 65.6 Å². The van der Waals surface area contributed by atoms with Crippen LogP contribution < -0.4 is 10.0 Å². The zero-order valence-electron chi connectivity index (χ0n) is 18.3. The Morgan fingerprint density at radius 2 is 1.67 bits per heavy atom. The lowest BCUT2D eigenvalue weighted by atomic mass is 10.1. The second-order valence-corrected chi connectivity index (χ2v) is 9.36. The Labute approximate surface area is 197 Å². The van der Waals surface area contributed by atoms with Crippen molar-refractivity contribution in [1.82, 2.24) is 0 Å². The van der Waals surface area contributed by atoms with Crippen LogP contribution in [-0.4, -0.2) is 26.9 Å². The molecule has 33 heavy (non-hydrogen) atoms. The molecule has 0 unspecified atom stereocenters. The molecule has 3 aromatic carbocycles. The molecule has 0 atom stereocenters. The molecule has 1 amide bonds. The first kappa shape index (κ1) is 24.3. The van der Waals surface area contributed by atoms with Crippen molar-refractivity contribution in [2.24, 2.45) is 0 Å². The lowest BCUT2D eigenvalue weighted by Gasteiger charge is -2.13. The summed E-state index contributed by atoms with van der Waals surface area (Å²) in [7, 11) is -3.80. The number of carbonyl (C=O) groups excluding carboxylic acids is 2. The molecule has 0 heterocycles. The first-order valence-corrected chi connectivity index (χ1v) is 12.0. The Morgan fingerprint density at radius 3 is 2.30 bits per heavy atom. The Kier molecular flexibility index (Phi) is 7.40. The molecule has 0 bridgehead atoms. The fourth-order valence-electron chi connectivity index (χ4n) is 3.08. The van der Waals surface area contributed by atoms with Gasteiger partial charge in [0.05, 0.1) is 33.3 Å². The first-order valence-electron chi connectivity index (χ1n) is 10.1. The van der Waals surface area contributed by atoms with Gasteiger partial charge in [0.25, 0.3) is 15.9 Å². The second kappa shape index (κ2) is 10.1. The van der Waals surface area contributed by atoms with E-state index >= 15 is 0 Å². The van der Waals surface area contributed by atoms with E-state index in [1.165, 1.54) is 30.3 Å². The van der Waals surface area contributed by atoms with Gasteiger partial charge >= 0.3 is 5.97 Å². The number of rotatable bonds is 7. The van der Waals surface area contributed by atoms with Crippen LogP contribution in [0.25, 0.3) is 0 Å². The Morgan fingerprint density at radius 1 is 0.970 bits per heavy atom. The number of hydrogen-bond donors (Lipinski definition) is 2. The molecule has 0 aliphatic carbocycles. The Balaban J connectivity index is 1.79. The standard InChI is InChI=1S/C24H23ClN2O5S/c1-4-32-24(29)19-6-5-7-22(16(19)3)26-23(28)20-13-10-17(14-21(20)25)27-33(30,31)18-11-8-15(2)9-12-18/h5-14,27H,4H2,1-3H3,(H,26,28). The molecular weight excluding hydrogens is 464 g/mol. The zero-order chi connectivity index (χ0) is 24.2. The summed E-state index contributed by atoms with van der Waals surface area (Å²) >= 11 is 6.28. The molecular formula is C24H23ClN2O5S. The van der Waals surface area contributed by atoms with E-state index in [1.807, 2.05) is 6.92 Å². The van der Waals surface area contributed by atoms with E-state index in [2.05, 4.69) is 10.0 Å². The molecule has 0 fully saturated rings. The third-order valence-electron chi connectivity index (χ3n) is 4.87. The fourth-order valence-corrected chi connectivity index (χ4v) is 4.40. The molecule has 172 valence electrons. The van der Waals surface area contributed by atoms with Gasteiger partial charge in [0.2, 0.25) is 0 Å². The third-order valence-corrected chi connectivity index (χ3v) is 6.58. The first-order chi connectivity index (χ1) is 15.6. The summed E-state index contributed by atoms with van der Waals surface area (Å²) in [5.41, 5.74) is 2.65. The van der Waals surface area contributed by atoms with Crippen molar-refractivity contribution in [3.63, 3.8) is 0 Å². The SMILES string of the molecule is CCOC(=O)c1cccc(NC(=O)c2ccc(NS(=O)(=O)c3ccc(C)cc3)cc2Cl)c1C. The van der Waals surface area contributed by atoms with Crippen LogP contribution in [0, 0.1) is 13.8 Å². The minimum atomic E-state index is -3.80. The quantitative estimate of drug-likeness (QED) is 0.448. The summed E-state index contributed by atoms with van der Waals surface area (Å²) in [6.07, 6.45) is 0. The summed E-state index contributed by atoms with van der Waals surface area (Å²) in [6.45, 7) is 5.52. The third kappa shape index (κ3) is 5.71. The number of anilines is 2. The highest BCUT2D eigenvalue weighted by Gasteiger charge is 2.18. The maximum atomic E-state index is 12.8. The van der Waals surface area contributed by atoms with Crippen LogP contribution in [0.3, 0.4) is 0 Å². The van der Waals surface area contributed by atoms with Crippen molar-refractivity contribution < 1.29 is 22.7 Å². The summed E-state index contributed by atoms with van der Waals surface area (Å²) in [5, 5.41) is 2.80. The number of halogens is 1. The lowest BCUT2D eigenvalue weighted by Crippen LogP contribution is -2.16. The topological polar surface area (TPSA) is 102 Å². The Bertz CT molecular complexity index is 1300. The number of ether oxygens (including phenoxy) is 1. The summed E-state index contributed by atoms with van der Waals surface area (Å²) in [4.78, 5) is 25.0. The van der Waals surface area contributed by atoms with E-state index in [4.69, 9.17) is 16.3 Å². The summed E-state index contributed by atoms with van der Waals surface area (Å²) < 4.78 is 32.7. The van der Waals surface area contributed by atoms with Crippen molar-refractivity contribution in [1.29, 1.82) is 0 Å². The van der Waals surface area contributed by atoms with Crippen molar-refractivity contribution in [2.75, 3.05) is 16.6 Å². The van der Waals surface area contributed by atoms with Crippen LogP contribution in [0.2, 0.25) is 5.02 Å². The van der Waals surface area contributed by atoms with Gasteiger partial charge in [0.1, 0.15) is 0 Å². The molecule has 3 aromatic rings. The highest BCUT2D eigenvalue weighted by molar-refractivity contribution is 7.92. The van der Waals surface area contributed by atoms with Crippen molar-refractivity contribution >= 4 is 44.9 Å². The number of nitrogens with one attached hydrogen (secondary N) is 2. The predicted molar refractivity (Wildman–Crippen MR) is 129 cm³/mol. The molecule has 9 heteroatoms. The van der Waals surface area contributed by atoms with E-state index in [1.54, 1.807) is 44.2 Å². The zero-order valence-corrected chi connectivity index (χ0v) is 19.9. The molecule has 7 nitrogen and oxygen atoms in total.